The molecule has 5 heteroatoms. The molecule has 0 aliphatic rings. The van der Waals surface area contributed by atoms with Gasteiger partial charge in [-0.1, -0.05) is 71.8 Å². The smallest absolute Gasteiger partial charge is 0.207 e. The summed E-state index contributed by atoms with van der Waals surface area (Å²) in [5.41, 5.74) is 2.70. The molecule has 0 aliphatic heterocycles. The van der Waals surface area contributed by atoms with E-state index < -0.39 is 16.1 Å². The lowest BCUT2D eigenvalue weighted by molar-refractivity contribution is 0.572. The fourth-order valence-electron chi connectivity index (χ4n) is 2.57. The van der Waals surface area contributed by atoms with Crippen molar-refractivity contribution in [3.63, 3.8) is 0 Å². The number of sulfonamides is 1. The van der Waals surface area contributed by atoms with Crippen LogP contribution in [0.5, 0.6) is 0 Å². The van der Waals surface area contributed by atoms with Gasteiger partial charge in [-0.05, 0) is 42.3 Å². The van der Waals surface area contributed by atoms with Crippen LogP contribution in [-0.2, 0) is 10.0 Å². The average molecular weight is 372 g/mol. The van der Waals surface area contributed by atoms with E-state index in [-0.39, 0.29) is 4.90 Å². The van der Waals surface area contributed by atoms with Gasteiger partial charge in [-0.3, -0.25) is 0 Å². The molecule has 3 aromatic rings. The van der Waals surface area contributed by atoms with E-state index in [2.05, 4.69) is 4.72 Å². The Kier molecular flexibility index (Phi) is 5.23. The number of hydrogen-bond acceptors (Lipinski definition) is 2. The maximum Gasteiger partial charge on any atom is 0.241 e. The van der Waals surface area contributed by atoms with Crippen molar-refractivity contribution in [3.8, 4) is 0 Å². The van der Waals surface area contributed by atoms with Crippen molar-refractivity contribution in [3.05, 3.63) is 101 Å². The van der Waals surface area contributed by atoms with Crippen molar-refractivity contribution in [2.75, 3.05) is 0 Å². The van der Waals surface area contributed by atoms with Crippen LogP contribution in [-0.4, -0.2) is 8.42 Å². The van der Waals surface area contributed by atoms with Gasteiger partial charge in [0.2, 0.25) is 10.0 Å². The molecule has 0 amide bonds. The number of hydrogen-bond donors (Lipinski definition) is 1. The van der Waals surface area contributed by atoms with Crippen LogP contribution in [0.1, 0.15) is 22.7 Å². The quantitative estimate of drug-likeness (QED) is 0.705. The van der Waals surface area contributed by atoms with Crippen LogP contribution in [0.2, 0.25) is 5.02 Å². The molecule has 128 valence electrons. The van der Waals surface area contributed by atoms with Crippen molar-refractivity contribution in [2.24, 2.45) is 0 Å². The van der Waals surface area contributed by atoms with Crippen molar-refractivity contribution in [2.45, 2.75) is 17.9 Å². The van der Waals surface area contributed by atoms with E-state index in [0.29, 0.717) is 5.02 Å². The van der Waals surface area contributed by atoms with Crippen LogP contribution >= 0.6 is 11.6 Å². The van der Waals surface area contributed by atoms with E-state index in [9.17, 15) is 8.42 Å². The van der Waals surface area contributed by atoms with Gasteiger partial charge in [0.25, 0.3) is 0 Å². The minimum atomic E-state index is -3.67. The lowest BCUT2D eigenvalue weighted by atomic mass is 10.00. The summed E-state index contributed by atoms with van der Waals surface area (Å²) < 4.78 is 28.5. The van der Waals surface area contributed by atoms with Gasteiger partial charge >= 0.3 is 0 Å². The average Bonchev–Trinajstić information content (AvgIpc) is 2.62. The van der Waals surface area contributed by atoms with E-state index in [1.54, 1.807) is 36.4 Å². The summed E-state index contributed by atoms with van der Waals surface area (Å²) >= 11 is 5.97. The number of rotatable bonds is 5. The second kappa shape index (κ2) is 7.40. The predicted octanol–water partition coefficient (Wildman–Crippen LogP) is 4.72. The summed E-state index contributed by atoms with van der Waals surface area (Å²) in [6.07, 6.45) is 0. The SMILES string of the molecule is Cc1ccc(S(=O)(=O)N[C@H](c2ccccc2)c2ccc(Cl)cc2)cc1. The Morgan fingerprint density at radius 1 is 0.800 bits per heavy atom. The fraction of sp³-hybridized carbons (Fsp3) is 0.100. The van der Waals surface area contributed by atoms with Gasteiger partial charge < -0.3 is 0 Å². The molecular weight excluding hydrogens is 354 g/mol. The zero-order valence-corrected chi connectivity index (χ0v) is 15.3. The van der Waals surface area contributed by atoms with Crippen LogP contribution in [0.25, 0.3) is 0 Å². The topological polar surface area (TPSA) is 46.2 Å². The van der Waals surface area contributed by atoms with Gasteiger partial charge in [-0.15, -0.1) is 0 Å². The number of nitrogens with one attached hydrogen (secondary N) is 1. The van der Waals surface area contributed by atoms with Crippen LogP contribution in [0.4, 0.5) is 0 Å². The van der Waals surface area contributed by atoms with Crippen LogP contribution in [0.15, 0.2) is 83.8 Å². The third-order valence-electron chi connectivity index (χ3n) is 3.94. The minimum Gasteiger partial charge on any atom is -0.207 e. The molecule has 3 aromatic carbocycles. The van der Waals surface area contributed by atoms with Crippen molar-refractivity contribution in [1.82, 2.24) is 4.72 Å². The lowest BCUT2D eigenvalue weighted by Crippen LogP contribution is -2.29. The first-order chi connectivity index (χ1) is 12.0. The molecule has 3 nitrogen and oxygen atoms in total. The lowest BCUT2D eigenvalue weighted by Gasteiger charge is -2.20. The molecule has 1 atom stereocenters. The van der Waals surface area contributed by atoms with E-state index in [0.717, 1.165) is 16.7 Å². The highest BCUT2D eigenvalue weighted by atomic mass is 35.5. The van der Waals surface area contributed by atoms with Gasteiger partial charge in [-0.25, -0.2) is 8.42 Å². The molecule has 0 unspecified atom stereocenters. The Morgan fingerprint density at radius 2 is 1.36 bits per heavy atom. The normalized spacial score (nSPS) is 12.7. The van der Waals surface area contributed by atoms with Crippen molar-refractivity contribution >= 4 is 21.6 Å². The summed E-state index contributed by atoms with van der Waals surface area (Å²) in [5, 5.41) is 0.608. The van der Waals surface area contributed by atoms with E-state index in [4.69, 9.17) is 11.6 Å². The molecule has 0 spiro atoms. The Morgan fingerprint density at radius 3 is 1.96 bits per heavy atom. The number of halogens is 1. The highest BCUT2D eigenvalue weighted by Gasteiger charge is 2.22. The van der Waals surface area contributed by atoms with Crippen molar-refractivity contribution < 1.29 is 8.42 Å². The van der Waals surface area contributed by atoms with Gasteiger partial charge in [0.1, 0.15) is 0 Å². The standard InChI is InChI=1S/C20H18ClNO2S/c1-15-7-13-19(14-8-15)25(23,24)22-20(16-5-3-2-4-6-16)17-9-11-18(21)12-10-17/h2-14,20,22H,1H3/t20-/m1/s1. The second-order valence-corrected chi connectivity index (χ2v) is 7.98. The first-order valence-electron chi connectivity index (χ1n) is 7.85. The summed E-state index contributed by atoms with van der Waals surface area (Å²) in [6.45, 7) is 1.92. The Balaban J connectivity index is 2.00. The largest absolute Gasteiger partial charge is 0.241 e. The van der Waals surface area contributed by atoms with Gasteiger partial charge in [0.05, 0.1) is 10.9 Å². The maximum atomic E-state index is 12.8. The van der Waals surface area contributed by atoms with E-state index in [1.807, 2.05) is 49.4 Å². The van der Waals surface area contributed by atoms with Gasteiger partial charge in [-0.2, -0.15) is 4.72 Å². The maximum absolute atomic E-state index is 12.8. The zero-order valence-electron chi connectivity index (χ0n) is 13.7. The minimum absolute atomic E-state index is 0.244. The summed E-state index contributed by atoms with van der Waals surface area (Å²) in [5.74, 6) is 0. The molecule has 1 N–H and O–H groups in total. The molecule has 0 radical (unpaired) electrons. The molecule has 0 saturated heterocycles. The van der Waals surface area contributed by atoms with Crippen LogP contribution in [0.3, 0.4) is 0 Å². The highest BCUT2D eigenvalue weighted by Crippen LogP contribution is 2.26. The number of benzene rings is 3. The van der Waals surface area contributed by atoms with Gasteiger partial charge in [0.15, 0.2) is 0 Å². The Hall–Kier alpha value is -2.14. The molecule has 0 heterocycles. The molecular formula is C20H18ClNO2S. The summed E-state index contributed by atoms with van der Waals surface area (Å²) in [6, 6.07) is 23.0. The second-order valence-electron chi connectivity index (χ2n) is 5.83. The molecule has 0 saturated carbocycles. The molecule has 3 rings (SSSR count). The molecule has 0 aliphatic carbocycles. The Bertz CT molecular complexity index is 937. The monoisotopic (exact) mass is 371 g/mol. The highest BCUT2D eigenvalue weighted by molar-refractivity contribution is 7.89. The van der Waals surface area contributed by atoms with E-state index >= 15 is 0 Å². The first kappa shape index (κ1) is 17.7. The van der Waals surface area contributed by atoms with E-state index in [1.165, 1.54) is 0 Å². The molecule has 0 fully saturated rings. The Labute approximate surface area is 153 Å². The fourth-order valence-corrected chi connectivity index (χ4v) is 3.91. The zero-order chi connectivity index (χ0) is 17.9. The first-order valence-corrected chi connectivity index (χ1v) is 9.71. The molecule has 0 aromatic heterocycles. The van der Waals surface area contributed by atoms with Gasteiger partial charge in [0, 0.05) is 5.02 Å². The third kappa shape index (κ3) is 4.28. The van der Waals surface area contributed by atoms with Crippen LogP contribution in [0, 0.1) is 6.92 Å². The van der Waals surface area contributed by atoms with Crippen LogP contribution < -0.4 is 4.72 Å². The predicted molar refractivity (Wildman–Crippen MR) is 101 cm³/mol. The molecule has 25 heavy (non-hydrogen) atoms. The van der Waals surface area contributed by atoms with Crippen molar-refractivity contribution in [1.29, 1.82) is 0 Å². The number of aryl methyl sites for hydroxylation is 1. The summed E-state index contributed by atoms with van der Waals surface area (Å²) in [7, 11) is -3.67. The summed E-state index contributed by atoms with van der Waals surface area (Å²) in [4.78, 5) is 0.244. The third-order valence-corrected chi connectivity index (χ3v) is 5.63. The molecule has 0 bridgehead atoms.